The molecule has 0 radical (unpaired) electrons. The standard InChI is InChI=1S/C11H24Si2/c1-10(2)12(11(3)4)8-9-13(5,6)7/h10-12H,1-7H3. The van der Waals surface area contributed by atoms with E-state index in [4.69, 9.17) is 0 Å². The molecule has 76 valence electrons. The topological polar surface area (TPSA) is 0 Å². The van der Waals surface area contributed by atoms with E-state index >= 15 is 0 Å². The summed E-state index contributed by atoms with van der Waals surface area (Å²) in [5, 5.41) is 0. The minimum Gasteiger partial charge on any atom is -0.142 e. The van der Waals surface area contributed by atoms with E-state index in [9.17, 15) is 0 Å². The fourth-order valence-electron chi connectivity index (χ4n) is 1.40. The number of rotatable bonds is 2. The number of hydrogen-bond donors (Lipinski definition) is 0. The summed E-state index contributed by atoms with van der Waals surface area (Å²) in [6.07, 6.45) is 0. The highest BCUT2D eigenvalue weighted by Gasteiger charge is 2.17. The Bertz CT molecular complexity index is 192. The van der Waals surface area contributed by atoms with Gasteiger partial charge in [0.05, 0.1) is 0 Å². The lowest BCUT2D eigenvalue weighted by Crippen LogP contribution is -2.23. The molecule has 2 heteroatoms. The lowest BCUT2D eigenvalue weighted by atomic mass is 10.5. The van der Waals surface area contributed by atoms with Gasteiger partial charge in [-0.05, 0) is 11.1 Å². The summed E-state index contributed by atoms with van der Waals surface area (Å²) < 4.78 is 0. The van der Waals surface area contributed by atoms with Crippen LogP contribution in [0.4, 0.5) is 0 Å². The molecule has 0 unspecified atom stereocenters. The SMILES string of the molecule is CC(C)[SiH](C#C[Si](C)(C)C)C(C)C. The zero-order chi connectivity index (χ0) is 10.6. The van der Waals surface area contributed by atoms with Gasteiger partial charge in [-0.2, -0.15) is 0 Å². The van der Waals surface area contributed by atoms with Crippen molar-refractivity contribution in [1.82, 2.24) is 0 Å². The molecule has 0 aliphatic heterocycles. The normalized spacial score (nSPS) is 12.2. The van der Waals surface area contributed by atoms with E-state index in [0.29, 0.717) is 0 Å². The first kappa shape index (κ1) is 13.0. The van der Waals surface area contributed by atoms with Crippen LogP contribution in [-0.2, 0) is 0 Å². The van der Waals surface area contributed by atoms with Crippen LogP contribution in [0, 0.1) is 11.1 Å². The van der Waals surface area contributed by atoms with E-state index in [1.54, 1.807) is 0 Å². The van der Waals surface area contributed by atoms with Crippen LogP contribution >= 0.6 is 0 Å². The highest BCUT2D eigenvalue weighted by Crippen LogP contribution is 2.19. The number of hydrogen-bond acceptors (Lipinski definition) is 0. The molecule has 0 saturated heterocycles. The van der Waals surface area contributed by atoms with Crippen LogP contribution in [0.1, 0.15) is 27.7 Å². The zero-order valence-electron chi connectivity index (χ0n) is 10.2. The second-order valence-corrected chi connectivity index (χ2v) is 14.3. The Hall–Kier alpha value is -0.00623. The molecular weight excluding hydrogens is 188 g/mol. The molecule has 13 heavy (non-hydrogen) atoms. The van der Waals surface area contributed by atoms with Crippen molar-refractivity contribution in [1.29, 1.82) is 0 Å². The van der Waals surface area contributed by atoms with Gasteiger partial charge in [0.15, 0.2) is 0 Å². The van der Waals surface area contributed by atoms with Crippen LogP contribution in [0.2, 0.25) is 30.7 Å². The molecule has 0 rings (SSSR count). The van der Waals surface area contributed by atoms with E-state index in [-0.39, 0.29) is 0 Å². The summed E-state index contributed by atoms with van der Waals surface area (Å²) in [5.74, 6) is 0. The molecule has 0 heterocycles. The summed E-state index contributed by atoms with van der Waals surface area (Å²) in [6.45, 7) is 16.3. The molecule has 0 saturated carbocycles. The van der Waals surface area contributed by atoms with Crippen LogP contribution < -0.4 is 0 Å². The maximum atomic E-state index is 3.61. The van der Waals surface area contributed by atoms with Crippen LogP contribution in [0.3, 0.4) is 0 Å². The Labute approximate surface area is 86.7 Å². The Morgan fingerprint density at radius 3 is 1.54 bits per heavy atom. The van der Waals surface area contributed by atoms with Crippen molar-refractivity contribution in [3.8, 4) is 11.1 Å². The van der Waals surface area contributed by atoms with Crippen molar-refractivity contribution in [3.63, 3.8) is 0 Å². The van der Waals surface area contributed by atoms with Gasteiger partial charge in [0.25, 0.3) is 0 Å². The Kier molecular flexibility index (Phi) is 5.02. The van der Waals surface area contributed by atoms with Crippen molar-refractivity contribution in [2.75, 3.05) is 0 Å². The summed E-state index contributed by atoms with van der Waals surface area (Å²) in [7, 11) is -1.94. The van der Waals surface area contributed by atoms with E-state index in [1.165, 1.54) is 0 Å². The monoisotopic (exact) mass is 212 g/mol. The van der Waals surface area contributed by atoms with Gasteiger partial charge in [0, 0.05) is 0 Å². The van der Waals surface area contributed by atoms with Gasteiger partial charge >= 0.3 is 0 Å². The van der Waals surface area contributed by atoms with E-state index < -0.39 is 16.9 Å². The first-order valence-electron chi connectivity index (χ1n) is 5.26. The van der Waals surface area contributed by atoms with Crippen molar-refractivity contribution in [3.05, 3.63) is 0 Å². The first-order chi connectivity index (χ1) is 5.74. The third-order valence-electron chi connectivity index (χ3n) is 2.05. The second kappa shape index (κ2) is 5.02. The summed E-state index contributed by atoms with van der Waals surface area (Å²) in [6, 6.07) is 0. The van der Waals surface area contributed by atoms with Crippen molar-refractivity contribution >= 4 is 16.9 Å². The lowest BCUT2D eigenvalue weighted by molar-refractivity contribution is 0.954. The minimum atomic E-state index is -1.14. The molecule has 0 atom stereocenters. The van der Waals surface area contributed by atoms with Crippen molar-refractivity contribution in [2.24, 2.45) is 0 Å². The second-order valence-electron chi connectivity index (χ2n) is 5.53. The molecule has 0 aromatic rings. The Morgan fingerprint density at radius 1 is 0.923 bits per heavy atom. The summed E-state index contributed by atoms with van der Waals surface area (Å²) >= 11 is 0. The van der Waals surface area contributed by atoms with E-state index in [1.807, 2.05) is 0 Å². The van der Waals surface area contributed by atoms with Crippen molar-refractivity contribution < 1.29 is 0 Å². The average molecular weight is 212 g/mol. The predicted octanol–water partition coefficient (Wildman–Crippen LogP) is 3.45. The Balaban J connectivity index is 4.49. The highest BCUT2D eigenvalue weighted by atomic mass is 28.3. The fourth-order valence-corrected chi connectivity index (χ4v) is 6.01. The quantitative estimate of drug-likeness (QED) is 0.486. The van der Waals surface area contributed by atoms with Crippen molar-refractivity contribution in [2.45, 2.75) is 58.4 Å². The van der Waals surface area contributed by atoms with Gasteiger partial charge in [-0.25, -0.2) is 0 Å². The van der Waals surface area contributed by atoms with Crippen LogP contribution in [0.25, 0.3) is 0 Å². The molecule has 0 spiro atoms. The largest absolute Gasteiger partial charge is 0.142 e. The molecule has 0 aliphatic rings. The third kappa shape index (κ3) is 6.12. The third-order valence-corrected chi connectivity index (χ3v) is 6.58. The van der Waals surface area contributed by atoms with Gasteiger partial charge in [0.1, 0.15) is 16.9 Å². The van der Waals surface area contributed by atoms with Gasteiger partial charge in [-0.3, -0.25) is 0 Å². The first-order valence-corrected chi connectivity index (χ1v) is 10.7. The van der Waals surface area contributed by atoms with Gasteiger partial charge in [-0.15, -0.1) is 11.1 Å². The minimum absolute atomic E-state index is 0.807. The van der Waals surface area contributed by atoms with Gasteiger partial charge in [0.2, 0.25) is 0 Å². The molecule has 0 fully saturated rings. The molecule has 0 amide bonds. The summed E-state index contributed by atoms with van der Waals surface area (Å²) in [5.41, 5.74) is 8.79. The van der Waals surface area contributed by atoms with E-state index in [2.05, 4.69) is 58.4 Å². The fraction of sp³-hybridized carbons (Fsp3) is 0.818. The molecular formula is C11H24Si2. The molecule has 0 nitrogen and oxygen atoms in total. The van der Waals surface area contributed by atoms with Gasteiger partial charge < -0.3 is 0 Å². The smallest absolute Gasteiger partial charge is 0.128 e. The summed E-state index contributed by atoms with van der Waals surface area (Å²) in [4.78, 5) is 0. The molecule has 0 N–H and O–H groups in total. The molecule has 0 bridgehead atoms. The maximum absolute atomic E-state index is 3.61. The van der Waals surface area contributed by atoms with Crippen LogP contribution in [0.5, 0.6) is 0 Å². The zero-order valence-corrected chi connectivity index (χ0v) is 12.4. The van der Waals surface area contributed by atoms with E-state index in [0.717, 1.165) is 11.1 Å². The average Bonchev–Trinajstić information content (AvgIpc) is 1.82. The maximum Gasteiger partial charge on any atom is 0.128 e. The molecule has 0 aliphatic carbocycles. The highest BCUT2D eigenvalue weighted by molar-refractivity contribution is 6.85. The molecule has 0 aromatic heterocycles. The molecule has 0 aromatic carbocycles. The van der Waals surface area contributed by atoms with Crippen LogP contribution in [0.15, 0.2) is 0 Å². The van der Waals surface area contributed by atoms with Gasteiger partial charge in [-0.1, -0.05) is 47.3 Å². The van der Waals surface area contributed by atoms with Crippen LogP contribution in [-0.4, -0.2) is 16.9 Å². The lowest BCUT2D eigenvalue weighted by Gasteiger charge is -2.17. The Morgan fingerprint density at radius 2 is 1.31 bits per heavy atom. The predicted molar refractivity (Wildman–Crippen MR) is 68.5 cm³/mol.